The van der Waals surface area contributed by atoms with Crippen molar-refractivity contribution in [3.8, 4) is 0 Å². The van der Waals surface area contributed by atoms with Crippen LogP contribution in [0.3, 0.4) is 0 Å². The molecule has 0 saturated carbocycles. The van der Waals surface area contributed by atoms with E-state index < -0.39 is 0 Å². The van der Waals surface area contributed by atoms with Crippen LogP contribution >= 0.6 is 27.7 Å². The van der Waals surface area contributed by atoms with Crippen LogP contribution in [-0.2, 0) is 0 Å². The summed E-state index contributed by atoms with van der Waals surface area (Å²) >= 11 is 4.66. The van der Waals surface area contributed by atoms with Crippen LogP contribution in [0.5, 0.6) is 0 Å². The Kier molecular flexibility index (Phi) is 4.55. The van der Waals surface area contributed by atoms with Crippen LogP contribution in [0.15, 0.2) is 57.9 Å². The number of rotatable bonds is 4. The number of benzene rings is 2. The van der Waals surface area contributed by atoms with Gasteiger partial charge in [-0.25, -0.2) is 4.39 Å². The van der Waals surface area contributed by atoms with E-state index in [1.54, 1.807) is 24.3 Å². The van der Waals surface area contributed by atoms with Gasteiger partial charge in [-0.1, -0.05) is 34.1 Å². The van der Waals surface area contributed by atoms with E-state index in [9.17, 15) is 9.18 Å². The van der Waals surface area contributed by atoms with E-state index >= 15 is 0 Å². The molecule has 0 bridgehead atoms. The number of halogens is 2. The number of ketones is 1. The highest BCUT2D eigenvalue weighted by Crippen LogP contribution is 2.20. The van der Waals surface area contributed by atoms with Gasteiger partial charge in [-0.3, -0.25) is 4.79 Å². The molecule has 2 rings (SSSR count). The maximum Gasteiger partial charge on any atom is 0.173 e. The minimum absolute atomic E-state index is 0.0387. The van der Waals surface area contributed by atoms with Gasteiger partial charge in [0.2, 0.25) is 0 Å². The van der Waals surface area contributed by atoms with Crippen LogP contribution in [0.1, 0.15) is 10.4 Å². The molecule has 18 heavy (non-hydrogen) atoms. The monoisotopic (exact) mass is 324 g/mol. The Labute approximate surface area is 118 Å². The number of hydrogen-bond acceptors (Lipinski definition) is 2. The number of carbonyl (C=O) groups is 1. The van der Waals surface area contributed by atoms with Crippen molar-refractivity contribution in [2.45, 2.75) is 4.90 Å². The summed E-state index contributed by atoms with van der Waals surface area (Å²) in [5.41, 5.74) is 0.669. The van der Waals surface area contributed by atoms with E-state index in [-0.39, 0.29) is 11.6 Å². The fraction of sp³-hybridized carbons (Fsp3) is 0.0714. The zero-order valence-corrected chi connectivity index (χ0v) is 11.8. The normalized spacial score (nSPS) is 10.3. The van der Waals surface area contributed by atoms with Gasteiger partial charge in [-0.2, -0.15) is 0 Å². The van der Waals surface area contributed by atoms with Crippen LogP contribution < -0.4 is 0 Å². The molecule has 0 N–H and O–H groups in total. The molecule has 0 fully saturated rings. The molecule has 0 spiro atoms. The molecule has 0 heterocycles. The van der Waals surface area contributed by atoms with Gasteiger partial charge >= 0.3 is 0 Å². The summed E-state index contributed by atoms with van der Waals surface area (Å²) < 4.78 is 13.9. The second kappa shape index (κ2) is 6.16. The van der Waals surface area contributed by atoms with E-state index in [4.69, 9.17) is 0 Å². The van der Waals surface area contributed by atoms with Crippen molar-refractivity contribution < 1.29 is 9.18 Å². The summed E-state index contributed by atoms with van der Waals surface area (Å²) in [5, 5.41) is 0. The van der Waals surface area contributed by atoms with Gasteiger partial charge in [0.05, 0.1) is 5.75 Å². The highest BCUT2D eigenvalue weighted by atomic mass is 79.9. The lowest BCUT2D eigenvalue weighted by molar-refractivity contribution is 0.102. The average Bonchev–Trinajstić information content (AvgIpc) is 2.37. The lowest BCUT2D eigenvalue weighted by Gasteiger charge is -2.02. The summed E-state index contributed by atoms with van der Waals surface area (Å²) in [4.78, 5) is 12.6. The van der Waals surface area contributed by atoms with Crippen LogP contribution in [-0.4, -0.2) is 11.5 Å². The van der Waals surface area contributed by atoms with Crippen molar-refractivity contribution in [1.82, 2.24) is 0 Å². The Morgan fingerprint density at radius 1 is 1.17 bits per heavy atom. The molecule has 4 heteroatoms. The number of carbonyl (C=O) groups excluding carboxylic acids is 1. The van der Waals surface area contributed by atoms with Gasteiger partial charge in [0, 0.05) is 14.9 Å². The first-order valence-electron chi connectivity index (χ1n) is 5.32. The molecule has 0 radical (unpaired) electrons. The molecule has 0 unspecified atom stereocenters. The van der Waals surface area contributed by atoms with Crippen LogP contribution in [0.25, 0.3) is 0 Å². The fourth-order valence-electron chi connectivity index (χ4n) is 1.42. The first-order valence-corrected chi connectivity index (χ1v) is 7.10. The molecule has 0 saturated heterocycles. The van der Waals surface area contributed by atoms with Gasteiger partial charge in [-0.15, -0.1) is 11.8 Å². The van der Waals surface area contributed by atoms with Crippen molar-refractivity contribution in [3.63, 3.8) is 0 Å². The molecule has 1 nitrogen and oxygen atoms in total. The zero-order valence-electron chi connectivity index (χ0n) is 9.40. The number of Topliss-reactive ketones (excluding diaryl/α,β-unsaturated/α-hetero) is 1. The summed E-state index contributed by atoms with van der Waals surface area (Å²) in [6.07, 6.45) is 0. The number of hydrogen-bond donors (Lipinski definition) is 0. The van der Waals surface area contributed by atoms with Gasteiger partial charge < -0.3 is 0 Å². The third kappa shape index (κ3) is 3.68. The summed E-state index contributed by atoms with van der Waals surface area (Å²) in [7, 11) is 0. The van der Waals surface area contributed by atoms with Crippen molar-refractivity contribution in [1.29, 1.82) is 0 Å². The smallest absolute Gasteiger partial charge is 0.173 e. The van der Waals surface area contributed by atoms with Crippen molar-refractivity contribution in [2.75, 3.05) is 5.75 Å². The first kappa shape index (κ1) is 13.3. The Bertz CT molecular complexity index is 554. The Morgan fingerprint density at radius 3 is 2.56 bits per heavy atom. The topological polar surface area (TPSA) is 17.1 Å². The van der Waals surface area contributed by atoms with E-state index in [1.165, 1.54) is 23.9 Å². The Balaban J connectivity index is 1.98. The molecule has 0 atom stereocenters. The summed E-state index contributed by atoms with van der Waals surface area (Å²) in [5.74, 6) is 0.0679. The first-order chi connectivity index (χ1) is 8.65. The minimum atomic E-state index is -0.281. The molecule has 2 aromatic carbocycles. The van der Waals surface area contributed by atoms with Crippen LogP contribution in [0, 0.1) is 5.82 Å². The Morgan fingerprint density at radius 2 is 1.89 bits per heavy atom. The molecule has 0 aromatic heterocycles. The van der Waals surface area contributed by atoms with Gasteiger partial charge in [0.1, 0.15) is 5.82 Å². The maximum absolute atomic E-state index is 13.0. The predicted octanol–water partition coefficient (Wildman–Crippen LogP) is 4.56. The quantitative estimate of drug-likeness (QED) is 0.605. The molecular weight excluding hydrogens is 315 g/mol. The fourth-order valence-corrected chi connectivity index (χ4v) is 2.52. The second-order valence-electron chi connectivity index (χ2n) is 3.68. The molecule has 2 aromatic rings. The lowest BCUT2D eigenvalue weighted by atomic mass is 10.2. The molecular formula is C14H10BrFOS. The molecule has 0 aliphatic carbocycles. The SMILES string of the molecule is O=C(CSc1cccc(F)c1)c1ccc(Br)cc1. The highest BCUT2D eigenvalue weighted by molar-refractivity contribution is 9.10. The van der Waals surface area contributed by atoms with Crippen molar-refractivity contribution in [2.24, 2.45) is 0 Å². The highest BCUT2D eigenvalue weighted by Gasteiger charge is 2.06. The van der Waals surface area contributed by atoms with Crippen LogP contribution in [0.4, 0.5) is 4.39 Å². The molecule has 0 amide bonds. The minimum Gasteiger partial charge on any atom is -0.293 e. The van der Waals surface area contributed by atoms with E-state index in [0.29, 0.717) is 11.3 Å². The molecule has 92 valence electrons. The van der Waals surface area contributed by atoms with Gasteiger partial charge in [-0.05, 0) is 30.3 Å². The lowest BCUT2D eigenvalue weighted by Crippen LogP contribution is -2.01. The summed E-state index contributed by atoms with van der Waals surface area (Å²) in [6, 6.07) is 13.5. The zero-order chi connectivity index (χ0) is 13.0. The van der Waals surface area contributed by atoms with Crippen molar-refractivity contribution in [3.05, 3.63) is 64.4 Å². The number of thioether (sulfide) groups is 1. The van der Waals surface area contributed by atoms with Gasteiger partial charge in [0.15, 0.2) is 5.78 Å². The average molecular weight is 325 g/mol. The van der Waals surface area contributed by atoms with Crippen molar-refractivity contribution >= 4 is 33.5 Å². The van der Waals surface area contributed by atoms with Gasteiger partial charge in [0.25, 0.3) is 0 Å². The standard InChI is InChI=1S/C14H10BrFOS/c15-11-6-4-10(5-7-11)14(17)9-18-13-3-1-2-12(16)8-13/h1-8H,9H2. The third-order valence-corrected chi connectivity index (χ3v) is 3.85. The van der Waals surface area contributed by atoms with Crippen LogP contribution in [0.2, 0.25) is 0 Å². The largest absolute Gasteiger partial charge is 0.293 e. The third-order valence-electron chi connectivity index (χ3n) is 2.33. The predicted molar refractivity (Wildman–Crippen MR) is 75.6 cm³/mol. The molecule has 0 aliphatic rings. The maximum atomic E-state index is 13.0. The molecule has 0 aliphatic heterocycles. The van der Waals surface area contributed by atoms with E-state index in [2.05, 4.69) is 15.9 Å². The van der Waals surface area contributed by atoms with E-state index in [1.807, 2.05) is 12.1 Å². The second-order valence-corrected chi connectivity index (χ2v) is 5.64. The summed E-state index contributed by atoms with van der Waals surface area (Å²) in [6.45, 7) is 0. The van der Waals surface area contributed by atoms with E-state index in [0.717, 1.165) is 9.37 Å². The Hall–Kier alpha value is -1.13.